The highest BCUT2D eigenvalue weighted by Crippen LogP contribution is 2.24. The van der Waals surface area contributed by atoms with Gasteiger partial charge in [-0.05, 0) is 35.8 Å². The summed E-state index contributed by atoms with van der Waals surface area (Å²) in [4.78, 5) is 12.3. The number of nitrogens with one attached hydrogen (secondary N) is 1. The lowest BCUT2D eigenvalue weighted by Crippen LogP contribution is -2.26. The standard InChI is InChI=1S/C10H14BrNO2S/c1-3-14-10(13)5-12-7(2)9-4-8(11)6-15-9/h4,6-7,12H,3,5H2,1-2H3. The summed E-state index contributed by atoms with van der Waals surface area (Å²) in [6, 6.07) is 2.22. The number of carbonyl (C=O) groups excluding carboxylic acids is 1. The molecule has 15 heavy (non-hydrogen) atoms. The van der Waals surface area contributed by atoms with E-state index in [9.17, 15) is 4.79 Å². The molecule has 0 saturated carbocycles. The van der Waals surface area contributed by atoms with E-state index in [2.05, 4.69) is 21.2 Å². The summed E-state index contributed by atoms with van der Waals surface area (Å²) < 4.78 is 5.90. The highest BCUT2D eigenvalue weighted by Gasteiger charge is 2.09. The van der Waals surface area contributed by atoms with Crippen LogP contribution in [-0.4, -0.2) is 19.1 Å². The van der Waals surface area contributed by atoms with Crippen LogP contribution in [0.5, 0.6) is 0 Å². The Kier molecular flexibility index (Phi) is 5.28. The predicted molar refractivity (Wildman–Crippen MR) is 65.1 cm³/mol. The molecule has 1 aromatic heterocycles. The third kappa shape index (κ3) is 4.32. The van der Waals surface area contributed by atoms with Crippen molar-refractivity contribution in [1.29, 1.82) is 0 Å². The first-order chi connectivity index (χ1) is 7.13. The quantitative estimate of drug-likeness (QED) is 0.848. The first kappa shape index (κ1) is 12.7. The molecular formula is C10H14BrNO2S. The molecule has 3 nitrogen and oxygen atoms in total. The third-order valence-electron chi connectivity index (χ3n) is 1.87. The monoisotopic (exact) mass is 291 g/mol. The number of halogens is 1. The number of ether oxygens (including phenoxy) is 1. The number of hydrogen-bond acceptors (Lipinski definition) is 4. The van der Waals surface area contributed by atoms with Gasteiger partial charge in [-0.15, -0.1) is 11.3 Å². The van der Waals surface area contributed by atoms with Crippen LogP contribution < -0.4 is 5.32 Å². The Morgan fingerprint density at radius 3 is 3.00 bits per heavy atom. The largest absolute Gasteiger partial charge is 0.465 e. The highest BCUT2D eigenvalue weighted by molar-refractivity contribution is 9.10. The lowest BCUT2D eigenvalue weighted by molar-refractivity contribution is -0.142. The number of rotatable bonds is 5. The Bertz CT molecular complexity index is 327. The van der Waals surface area contributed by atoms with E-state index in [0.717, 1.165) is 4.47 Å². The average Bonchev–Trinajstić information content (AvgIpc) is 2.62. The van der Waals surface area contributed by atoms with Gasteiger partial charge >= 0.3 is 5.97 Å². The van der Waals surface area contributed by atoms with Crippen molar-refractivity contribution in [3.8, 4) is 0 Å². The summed E-state index contributed by atoms with van der Waals surface area (Å²) in [5, 5.41) is 5.14. The van der Waals surface area contributed by atoms with Crippen molar-refractivity contribution in [2.24, 2.45) is 0 Å². The lowest BCUT2D eigenvalue weighted by atomic mass is 10.3. The minimum Gasteiger partial charge on any atom is -0.465 e. The van der Waals surface area contributed by atoms with Crippen molar-refractivity contribution in [2.45, 2.75) is 19.9 Å². The van der Waals surface area contributed by atoms with Crippen LogP contribution in [0, 0.1) is 0 Å². The maximum absolute atomic E-state index is 11.1. The predicted octanol–water partition coefficient (Wildman–Crippen LogP) is 2.72. The van der Waals surface area contributed by atoms with E-state index in [0.29, 0.717) is 6.61 Å². The fourth-order valence-corrected chi connectivity index (χ4v) is 2.58. The second-order valence-electron chi connectivity index (χ2n) is 3.07. The van der Waals surface area contributed by atoms with Gasteiger partial charge in [0, 0.05) is 20.8 Å². The van der Waals surface area contributed by atoms with E-state index in [1.807, 2.05) is 18.4 Å². The summed E-state index contributed by atoms with van der Waals surface area (Å²) >= 11 is 5.06. The maximum atomic E-state index is 11.1. The summed E-state index contributed by atoms with van der Waals surface area (Å²) in [7, 11) is 0. The van der Waals surface area contributed by atoms with E-state index >= 15 is 0 Å². The second kappa shape index (κ2) is 6.25. The van der Waals surface area contributed by atoms with Crippen molar-refractivity contribution in [3.05, 3.63) is 20.8 Å². The first-order valence-electron chi connectivity index (χ1n) is 4.76. The molecule has 0 aliphatic carbocycles. The molecule has 0 saturated heterocycles. The Labute approximate surface area is 102 Å². The lowest BCUT2D eigenvalue weighted by Gasteiger charge is -2.10. The molecule has 0 aliphatic heterocycles. The molecule has 0 aliphatic rings. The van der Waals surface area contributed by atoms with Gasteiger partial charge in [-0.25, -0.2) is 0 Å². The summed E-state index contributed by atoms with van der Waals surface area (Å²) in [5.41, 5.74) is 0. The fraction of sp³-hybridized carbons (Fsp3) is 0.500. The zero-order chi connectivity index (χ0) is 11.3. The molecule has 0 amide bonds. The topological polar surface area (TPSA) is 38.3 Å². The van der Waals surface area contributed by atoms with Crippen molar-refractivity contribution in [3.63, 3.8) is 0 Å². The zero-order valence-corrected chi connectivity index (χ0v) is 11.2. The molecule has 0 spiro atoms. The number of thiophene rings is 1. The van der Waals surface area contributed by atoms with E-state index in [4.69, 9.17) is 4.74 Å². The minimum atomic E-state index is -0.208. The van der Waals surface area contributed by atoms with Crippen LogP contribution in [0.1, 0.15) is 24.8 Å². The zero-order valence-electron chi connectivity index (χ0n) is 8.75. The van der Waals surface area contributed by atoms with Gasteiger partial charge in [0.05, 0.1) is 13.2 Å². The van der Waals surface area contributed by atoms with Crippen LogP contribution in [-0.2, 0) is 9.53 Å². The molecular weight excluding hydrogens is 278 g/mol. The Balaban J connectivity index is 2.36. The average molecular weight is 292 g/mol. The molecule has 0 fully saturated rings. The molecule has 84 valence electrons. The van der Waals surface area contributed by atoms with Crippen LogP contribution in [0.25, 0.3) is 0 Å². The Morgan fingerprint density at radius 1 is 1.73 bits per heavy atom. The highest BCUT2D eigenvalue weighted by atomic mass is 79.9. The van der Waals surface area contributed by atoms with Gasteiger partial charge in [0.2, 0.25) is 0 Å². The summed E-state index contributed by atoms with van der Waals surface area (Å²) in [5.74, 6) is -0.208. The van der Waals surface area contributed by atoms with E-state index in [-0.39, 0.29) is 18.6 Å². The molecule has 1 heterocycles. The molecule has 0 bridgehead atoms. The van der Waals surface area contributed by atoms with Gasteiger partial charge in [0.1, 0.15) is 0 Å². The number of esters is 1. The molecule has 1 rings (SSSR count). The molecule has 1 unspecified atom stereocenters. The van der Waals surface area contributed by atoms with Crippen LogP contribution in [0.15, 0.2) is 15.9 Å². The van der Waals surface area contributed by atoms with Crippen molar-refractivity contribution in [1.82, 2.24) is 5.32 Å². The van der Waals surface area contributed by atoms with Crippen LogP contribution in [0.4, 0.5) is 0 Å². The SMILES string of the molecule is CCOC(=O)CNC(C)c1cc(Br)cs1. The smallest absolute Gasteiger partial charge is 0.319 e. The molecule has 5 heteroatoms. The Morgan fingerprint density at radius 2 is 2.47 bits per heavy atom. The normalized spacial score (nSPS) is 12.5. The van der Waals surface area contributed by atoms with Crippen molar-refractivity contribution in [2.75, 3.05) is 13.2 Å². The first-order valence-corrected chi connectivity index (χ1v) is 6.43. The maximum Gasteiger partial charge on any atom is 0.319 e. The number of carbonyl (C=O) groups is 1. The van der Waals surface area contributed by atoms with Crippen LogP contribution in [0.2, 0.25) is 0 Å². The van der Waals surface area contributed by atoms with Crippen molar-refractivity contribution < 1.29 is 9.53 Å². The summed E-state index contributed by atoms with van der Waals surface area (Å²) in [6.45, 7) is 4.51. The minimum absolute atomic E-state index is 0.172. The van der Waals surface area contributed by atoms with Gasteiger partial charge in [0.25, 0.3) is 0 Å². The molecule has 0 aromatic carbocycles. The van der Waals surface area contributed by atoms with Gasteiger partial charge in [-0.3, -0.25) is 10.1 Å². The molecule has 1 N–H and O–H groups in total. The fourth-order valence-electron chi connectivity index (χ4n) is 1.10. The molecule has 1 aromatic rings. The van der Waals surface area contributed by atoms with Crippen molar-refractivity contribution >= 4 is 33.2 Å². The van der Waals surface area contributed by atoms with Gasteiger partial charge in [0.15, 0.2) is 0 Å². The summed E-state index contributed by atoms with van der Waals surface area (Å²) in [6.07, 6.45) is 0. The second-order valence-corrected chi connectivity index (χ2v) is 4.93. The van der Waals surface area contributed by atoms with Crippen LogP contribution in [0.3, 0.4) is 0 Å². The van der Waals surface area contributed by atoms with Gasteiger partial charge in [-0.1, -0.05) is 0 Å². The van der Waals surface area contributed by atoms with Crippen LogP contribution >= 0.6 is 27.3 Å². The Hall–Kier alpha value is -0.390. The third-order valence-corrected chi connectivity index (χ3v) is 3.75. The van der Waals surface area contributed by atoms with E-state index in [1.54, 1.807) is 18.3 Å². The molecule has 0 radical (unpaired) electrons. The van der Waals surface area contributed by atoms with Gasteiger partial charge < -0.3 is 4.74 Å². The van der Waals surface area contributed by atoms with E-state index in [1.165, 1.54) is 4.88 Å². The van der Waals surface area contributed by atoms with E-state index < -0.39 is 0 Å². The number of hydrogen-bond donors (Lipinski definition) is 1. The van der Waals surface area contributed by atoms with Gasteiger partial charge in [-0.2, -0.15) is 0 Å². The molecule has 1 atom stereocenters.